The quantitative estimate of drug-likeness (QED) is 0.882. The predicted molar refractivity (Wildman–Crippen MR) is 99.4 cm³/mol. The van der Waals surface area contributed by atoms with Gasteiger partial charge >= 0.3 is 6.03 Å². The van der Waals surface area contributed by atoms with Gasteiger partial charge in [-0.2, -0.15) is 0 Å². The highest BCUT2D eigenvalue weighted by atomic mass is 32.2. The highest BCUT2D eigenvalue weighted by Gasteiger charge is 2.21. The fraction of sp³-hybridized carbons (Fsp3) is 0.222. The van der Waals surface area contributed by atoms with Crippen LogP contribution >= 0.6 is 11.8 Å². The average molecular weight is 357 g/mol. The maximum absolute atomic E-state index is 12.1. The molecule has 6 nitrogen and oxygen atoms in total. The third-order valence-corrected chi connectivity index (χ3v) is 4.96. The molecule has 0 unspecified atom stereocenters. The van der Waals surface area contributed by atoms with Crippen molar-refractivity contribution in [2.45, 2.75) is 11.4 Å². The summed E-state index contributed by atoms with van der Waals surface area (Å²) in [6, 6.07) is 12.8. The van der Waals surface area contributed by atoms with Gasteiger partial charge in [0.15, 0.2) is 0 Å². The zero-order valence-corrected chi connectivity index (χ0v) is 14.9. The van der Waals surface area contributed by atoms with Crippen LogP contribution in [0, 0.1) is 0 Å². The van der Waals surface area contributed by atoms with Crippen LogP contribution in [0.25, 0.3) is 0 Å². The molecule has 3 rings (SSSR count). The Morgan fingerprint density at radius 1 is 1.24 bits per heavy atom. The number of carbonyl (C=O) groups is 2. The lowest BCUT2D eigenvalue weighted by atomic mass is 10.2. The molecule has 0 bridgehead atoms. The van der Waals surface area contributed by atoms with Crippen LogP contribution in [0.5, 0.6) is 5.75 Å². The van der Waals surface area contributed by atoms with Crippen molar-refractivity contribution in [3.05, 3.63) is 48.0 Å². The van der Waals surface area contributed by atoms with Crippen LogP contribution in [0.15, 0.2) is 47.4 Å². The molecule has 0 aromatic heterocycles. The van der Waals surface area contributed by atoms with E-state index in [-0.39, 0.29) is 11.9 Å². The summed E-state index contributed by atoms with van der Waals surface area (Å²) < 4.78 is 5.11. The molecule has 0 radical (unpaired) electrons. The summed E-state index contributed by atoms with van der Waals surface area (Å²) in [5.41, 5.74) is 2.44. The number of ether oxygens (including phenoxy) is 1. The Morgan fingerprint density at radius 3 is 2.72 bits per heavy atom. The molecule has 0 aliphatic carbocycles. The minimum absolute atomic E-state index is 0.0543. The third kappa shape index (κ3) is 4.06. The molecule has 130 valence electrons. The Morgan fingerprint density at radius 2 is 2.00 bits per heavy atom. The van der Waals surface area contributed by atoms with E-state index in [9.17, 15) is 9.59 Å². The molecule has 1 aliphatic rings. The molecular formula is C18H19N3O3S. The first-order chi connectivity index (χ1) is 12.1. The predicted octanol–water partition coefficient (Wildman–Crippen LogP) is 3.09. The number of rotatable bonds is 4. The second kappa shape index (κ2) is 7.48. The van der Waals surface area contributed by atoms with E-state index in [0.29, 0.717) is 18.0 Å². The maximum atomic E-state index is 12.1. The number of thioether (sulfide) groups is 1. The minimum Gasteiger partial charge on any atom is -0.497 e. The third-order valence-electron chi connectivity index (χ3n) is 3.92. The molecule has 0 saturated heterocycles. The number of anilines is 2. The van der Waals surface area contributed by atoms with Crippen LogP contribution in [0.3, 0.4) is 0 Å². The Bertz CT molecular complexity index is 793. The van der Waals surface area contributed by atoms with Gasteiger partial charge < -0.3 is 20.3 Å². The zero-order chi connectivity index (χ0) is 17.8. The molecule has 0 fully saturated rings. The second-order valence-corrected chi connectivity index (χ2v) is 6.60. The van der Waals surface area contributed by atoms with Crippen LogP contribution in [-0.2, 0) is 11.3 Å². The Kier molecular flexibility index (Phi) is 5.14. The summed E-state index contributed by atoms with van der Waals surface area (Å²) in [5, 5.41) is 5.61. The van der Waals surface area contributed by atoms with Crippen LogP contribution in [-0.4, -0.2) is 31.8 Å². The first kappa shape index (κ1) is 17.2. The van der Waals surface area contributed by atoms with Crippen LogP contribution in [0.1, 0.15) is 5.56 Å². The maximum Gasteiger partial charge on any atom is 0.319 e. The van der Waals surface area contributed by atoms with Gasteiger partial charge in [-0.15, -0.1) is 11.8 Å². The summed E-state index contributed by atoms with van der Waals surface area (Å²) >= 11 is 1.51. The number of methoxy groups -OCH3 is 1. The van der Waals surface area contributed by atoms with Crippen molar-refractivity contribution in [3.63, 3.8) is 0 Å². The molecule has 2 aromatic rings. The molecule has 1 aliphatic heterocycles. The minimum atomic E-state index is -0.298. The van der Waals surface area contributed by atoms with E-state index < -0.39 is 0 Å². The number of nitrogens with zero attached hydrogens (tertiary/aromatic N) is 1. The average Bonchev–Trinajstić information content (AvgIpc) is 2.64. The zero-order valence-electron chi connectivity index (χ0n) is 14.0. The van der Waals surface area contributed by atoms with Crippen molar-refractivity contribution in [3.8, 4) is 5.75 Å². The van der Waals surface area contributed by atoms with Crippen molar-refractivity contribution >= 4 is 35.1 Å². The van der Waals surface area contributed by atoms with Gasteiger partial charge in [0, 0.05) is 24.2 Å². The van der Waals surface area contributed by atoms with Gasteiger partial charge in [-0.1, -0.05) is 12.1 Å². The van der Waals surface area contributed by atoms with E-state index in [1.54, 1.807) is 19.1 Å². The lowest BCUT2D eigenvalue weighted by Crippen LogP contribution is -2.32. The van der Waals surface area contributed by atoms with E-state index in [4.69, 9.17) is 4.74 Å². The smallest absolute Gasteiger partial charge is 0.319 e. The number of hydrogen-bond donors (Lipinski definition) is 2. The number of hydrogen-bond acceptors (Lipinski definition) is 4. The summed E-state index contributed by atoms with van der Waals surface area (Å²) in [5.74, 6) is 1.27. The van der Waals surface area contributed by atoms with Crippen LogP contribution < -0.4 is 20.3 Å². The normalized spacial score (nSPS) is 13.2. The summed E-state index contributed by atoms with van der Waals surface area (Å²) in [6.45, 7) is 0.412. The molecule has 7 heteroatoms. The summed E-state index contributed by atoms with van der Waals surface area (Å²) in [6.07, 6.45) is 0. The molecule has 1 heterocycles. The fourth-order valence-corrected chi connectivity index (χ4v) is 3.43. The fourth-order valence-electron chi connectivity index (χ4n) is 2.45. The standard InChI is InChI=1S/C18H19N3O3S/c1-21-15-9-13(5-8-16(15)25-11-17(21)22)20-18(23)19-10-12-3-6-14(24-2)7-4-12/h3-9H,10-11H2,1-2H3,(H2,19,20,23). The highest BCUT2D eigenvalue weighted by Crippen LogP contribution is 2.36. The lowest BCUT2D eigenvalue weighted by molar-refractivity contribution is -0.116. The molecule has 0 spiro atoms. The first-order valence-electron chi connectivity index (χ1n) is 7.78. The topological polar surface area (TPSA) is 70.7 Å². The van der Waals surface area contributed by atoms with Crippen molar-refractivity contribution in [2.75, 3.05) is 30.1 Å². The molecule has 3 amide bonds. The number of nitrogens with one attached hydrogen (secondary N) is 2. The Balaban J connectivity index is 1.60. The van der Waals surface area contributed by atoms with Gasteiger partial charge in [0.1, 0.15) is 5.75 Å². The van der Waals surface area contributed by atoms with E-state index >= 15 is 0 Å². The van der Waals surface area contributed by atoms with E-state index in [1.807, 2.05) is 42.5 Å². The first-order valence-corrected chi connectivity index (χ1v) is 8.76. The molecule has 25 heavy (non-hydrogen) atoms. The van der Waals surface area contributed by atoms with E-state index in [0.717, 1.165) is 21.9 Å². The lowest BCUT2D eigenvalue weighted by Gasteiger charge is -2.25. The van der Waals surface area contributed by atoms with E-state index in [1.165, 1.54) is 11.8 Å². The number of amides is 3. The molecule has 2 aromatic carbocycles. The van der Waals surface area contributed by atoms with Gasteiger partial charge in [-0.3, -0.25) is 4.79 Å². The van der Waals surface area contributed by atoms with Gasteiger partial charge in [0.2, 0.25) is 5.91 Å². The number of benzene rings is 2. The van der Waals surface area contributed by atoms with Gasteiger partial charge in [0.05, 0.1) is 18.6 Å². The van der Waals surface area contributed by atoms with Crippen molar-refractivity contribution in [1.82, 2.24) is 5.32 Å². The molecule has 0 atom stereocenters. The van der Waals surface area contributed by atoms with E-state index in [2.05, 4.69) is 10.6 Å². The van der Waals surface area contributed by atoms with Crippen molar-refractivity contribution in [1.29, 1.82) is 0 Å². The molecular weight excluding hydrogens is 338 g/mol. The summed E-state index contributed by atoms with van der Waals surface area (Å²) in [4.78, 5) is 26.5. The molecule has 0 saturated carbocycles. The van der Waals surface area contributed by atoms with Gasteiger partial charge in [0.25, 0.3) is 0 Å². The Labute approximate surface area is 150 Å². The molecule has 2 N–H and O–H groups in total. The Hall–Kier alpha value is -2.67. The highest BCUT2D eigenvalue weighted by molar-refractivity contribution is 8.00. The SMILES string of the molecule is COc1ccc(CNC(=O)Nc2ccc3c(c2)N(C)C(=O)CS3)cc1. The van der Waals surface area contributed by atoms with Crippen LogP contribution in [0.2, 0.25) is 0 Å². The largest absolute Gasteiger partial charge is 0.497 e. The number of urea groups is 1. The van der Waals surface area contributed by atoms with Crippen molar-refractivity contribution < 1.29 is 14.3 Å². The van der Waals surface area contributed by atoms with Gasteiger partial charge in [-0.05, 0) is 35.9 Å². The van der Waals surface area contributed by atoms with Crippen LogP contribution in [0.4, 0.5) is 16.2 Å². The monoisotopic (exact) mass is 357 g/mol. The number of carbonyl (C=O) groups excluding carboxylic acids is 2. The second-order valence-electron chi connectivity index (χ2n) is 5.58. The number of fused-ring (bicyclic) bond motifs is 1. The summed E-state index contributed by atoms with van der Waals surface area (Å²) in [7, 11) is 3.36. The van der Waals surface area contributed by atoms with Gasteiger partial charge in [-0.25, -0.2) is 4.79 Å². The van der Waals surface area contributed by atoms with Crippen molar-refractivity contribution in [2.24, 2.45) is 0 Å².